The van der Waals surface area contributed by atoms with Gasteiger partial charge in [0.15, 0.2) is 17.5 Å². The molecule has 0 aliphatic carbocycles. The SMILES string of the molecule is O=C(Nc1cc(F)c(F)c(F)c1)c1ccc(F)c(N(c2ccccc2B(O)O)S(=O)[O-])c1. The lowest BCUT2D eigenvalue weighted by atomic mass is 9.79. The number of halogens is 4. The van der Waals surface area contributed by atoms with E-state index in [9.17, 15) is 41.2 Å². The number of hydrogen-bond donors (Lipinski definition) is 3. The molecule has 0 radical (unpaired) electrons. The molecule has 0 aromatic heterocycles. The van der Waals surface area contributed by atoms with Gasteiger partial charge >= 0.3 is 7.12 Å². The Hall–Kier alpha value is -3.26. The molecule has 3 N–H and O–H groups in total. The third-order valence-electron chi connectivity index (χ3n) is 4.25. The molecular weight excluding hydrogens is 455 g/mol. The number of nitrogens with zero attached hydrogens (tertiary/aromatic N) is 1. The van der Waals surface area contributed by atoms with Crippen LogP contribution >= 0.6 is 0 Å². The van der Waals surface area contributed by atoms with E-state index in [4.69, 9.17) is 0 Å². The highest BCUT2D eigenvalue weighted by molar-refractivity contribution is 7.81. The highest BCUT2D eigenvalue weighted by Crippen LogP contribution is 2.30. The number of hydrogen-bond acceptors (Lipinski definition) is 5. The molecule has 13 heteroatoms. The van der Waals surface area contributed by atoms with E-state index in [0.717, 1.165) is 18.2 Å². The largest absolute Gasteiger partial charge is 0.755 e. The number of para-hydroxylation sites is 1. The van der Waals surface area contributed by atoms with Crippen molar-refractivity contribution in [1.82, 2.24) is 0 Å². The fourth-order valence-electron chi connectivity index (χ4n) is 2.82. The van der Waals surface area contributed by atoms with Gasteiger partial charge in [-0.3, -0.25) is 13.3 Å². The summed E-state index contributed by atoms with van der Waals surface area (Å²) >= 11 is -3.16. The van der Waals surface area contributed by atoms with Gasteiger partial charge in [-0.2, -0.15) is 0 Å². The van der Waals surface area contributed by atoms with Gasteiger partial charge in [0, 0.05) is 28.8 Å². The smallest absolute Gasteiger partial charge is 0.490 e. The van der Waals surface area contributed by atoms with Crippen molar-refractivity contribution < 1.29 is 41.2 Å². The molecule has 1 amide bonds. The van der Waals surface area contributed by atoms with Crippen LogP contribution in [0.4, 0.5) is 34.6 Å². The highest BCUT2D eigenvalue weighted by Gasteiger charge is 2.24. The zero-order valence-electron chi connectivity index (χ0n) is 15.8. The van der Waals surface area contributed by atoms with Gasteiger partial charge < -0.3 is 19.9 Å². The van der Waals surface area contributed by atoms with Crippen molar-refractivity contribution in [2.24, 2.45) is 0 Å². The van der Waals surface area contributed by atoms with Crippen LogP contribution in [0, 0.1) is 23.3 Å². The molecule has 3 aromatic carbocycles. The van der Waals surface area contributed by atoms with Crippen molar-refractivity contribution in [2.45, 2.75) is 0 Å². The van der Waals surface area contributed by atoms with Crippen LogP contribution in [0.2, 0.25) is 0 Å². The lowest BCUT2D eigenvalue weighted by Gasteiger charge is -2.29. The van der Waals surface area contributed by atoms with E-state index in [2.05, 4.69) is 5.32 Å². The number of nitrogens with one attached hydrogen (secondary N) is 1. The van der Waals surface area contributed by atoms with Crippen molar-refractivity contribution in [3.05, 3.63) is 83.4 Å². The number of rotatable bonds is 6. The molecule has 3 aromatic rings. The maximum atomic E-state index is 14.5. The first-order chi connectivity index (χ1) is 15.1. The van der Waals surface area contributed by atoms with Crippen LogP contribution in [0.5, 0.6) is 0 Å². The third kappa shape index (κ3) is 4.80. The zero-order chi connectivity index (χ0) is 23.6. The molecule has 1 atom stereocenters. The first kappa shape index (κ1) is 23.4. The summed E-state index contributed by atoms with van der Waals surface area (Å²) in [5, 5.41) is 21.1. The summed E-state index contributed by atoms with van der Waals surface area (Å²) in [5.41, 5.74) is -1.95. The molecule has 32 heavy (non-hydrogen) atoms. The van der Waals surface area contributed by atoms with Crippen LogP contribution in [0.15, 0.2) is 54.6 Å². The maximum Gasteiger partial charge on any atom is 0.490 e. The van der Waals surface area contributed by atoms with Crippen LogP contribution in [-0.2, 0) is 11.3 Å². The second-order valence-electron chi connectivity index (χ2n) is 6.32. The molecule has 7 nitrogen and oxygen atoms in total. The van der Waals surface area contributed by atoms with Crippen molar-refractivity contribution in [3.8, 4) is 0 Å². The highest BCUT2D eigenvalue weighted by atomic mass is 32.2. The van der Waals surface area contributed by atoms with Gasteiger partial charge in [0.25, 0.3) is 5.91 Å². The van der Waals surface area contributed by atoms with Crippen LogP contribution in [0.1, 0.15) is 10.4 Å². The molecule has 0 saturated carbocycles. The van der Waals surface area contributed by atoms with E-state index < -0.39 is 58.9 Å². The summed E-state index contributed by atoms with van der Waals surface area (Å²) in [4.78, 5) is 12.5. The Balaban J connectivity index is 2.02. The van der Waals surface area contributed by atoms with E-state index in [1.807, 2.05) is 0 Å². The number of carbonyl (C=O) groups is 1. The van der Waals surface area contributed by atoms with E-state index in [0.29, 0.717) is 16.4 Å². The van der Waals surface area contributed by atoms with E-state index >= 15 is 0 Å². The molecule has 0 spiro atoms. The minimum atomic E-state index is -3.16. The van der Waals surface area contributed by atoms with Crippen LogP contribution < -0.4 is 15.1 Å². The van der Waals surface area contributed by atoms with Crippen LogP contribution in [0.25, 0.3) is 0 Å². The summed E-state index contributed by atoms with van der Waals surface area (Å²) in [7, 11) is -2.09. The normalized spacial score (nSPS) is 11.7. The average molecular weight is 467 g/mol. The van der Waals surface area contributed by atoms with E-state index in [1.54, 1.807) is 0 Å². The topological polar surface area (TPSA) is 113 Å². The predicted molar refractivity (Wildman–Crippen MR) is 108 cm³/mol. The van der Waals surface area contributed by atoms with Gasteiger partial charge in [0.1, 0.15) is 5.82 Å². The second kappa shape index (κ2) is 9.48. The van der Waals surface area contributed by atoms with Gasteiger partial charge in [-0.15, -0.1) is 0 Å². The van der Waals surface area contributed by atoms with Gasteiger partial charge in [-0.25, -0.2) is 17.6 Å². The van der Waals surface area contributed by atoms with Crippen LogP contribution in [-0.4, -0.2) is 31.8 Å². The Morgan fingerprint density at radius 1 is 0.938 bits per heavy atom. The molecule has 0 bridgehead atoms. The standard InChI is InChI=1S/C19H13BF4N2O5S/c21-13-6-5-10(19(27)25-11-8-14(22)18(24)15(23)9-11)7-17(13)26(32(30)31)16-4-2-1-3-12(16)20(28)29/h1-9,28-29H,(H,25,27)(H,30,31)/p-1. The number of benzene rings is 3. The van der Waals surface area contributed by atoms with E-state index in [-0.39, 0.29) is 16.7 Å². The van der Waals surface area contributed by atoms with Crippen molar-refractivity contribution in [1.29, 1.82) is 0 Å². The van der Waals surface area contributed by atoms with Gasteiger partial charge in [-0.05, 0) is 24.3 Å². The third-order valence-corrected chi connectivity index (χ3v) is 4.94. The monoisotopic (exact) mass is 467 g/mol. The van der Waals surface area contributed by atoms with Crippen LogP contribution in [0.3, 0.4) is 0 Å². The lowest BCUT2D eigenvalue weighted by molar-refractivity contribution is 0.102. The molecular formula is C19H12BF4N2O5S-. The molecule has 166 valence electrons. The molecule has 0 heterocycles. The second-order valence-corrected chi connectivity index (χ2v) is 7.12. The Morgan fingerprint density at radius 3 is 2.16 bits per heavy atom. The fourth-order valence-corrected chi connectivity index (χ4v) is 3.45. The van der Waals surface area contributed by atoms with Gasteiger partial charge in [0.2, 0.25) is 0 Å². The summed E-state index contributed by atoms with van der Waals surface area (Å²) in [6, 6.07) is 8.77. The molecule has 1 unspecified atom stereocenters. The van der Waals surface area contributed by atoms with Gasteiger partial charge in [0.05, 0.1) is 22.6 Å². The lowest BCUT2D eigenvalue weighted by Crippen LogP contribution is -2.36. The Labute approximate surface area is 181 Å². The Morgan fingerprint density at radius 2 is 1.56 bits per heavy atom. The summed E-state index contributed by atoms with van der Waals surface area (Å²) < 4.78 is 78.5. The Kier molecular flexibility index (Phi) is 6.94. The van der Waals surface area contributed by atoms with Crippen molar-refractivity contribution in [3.63, 3.8) is 0 Å². The number of anilines is 3. The fraction of sp³-hybridized carbons (Fsp3) is 0. The average Bonchev–Trinajstić information content (AvgIpc) is 2.73. The minimum absolute atomic E-state index is 0.261. The molecule has 3 rings (SSSR count). The molecule has 0 saturated heterocycles. The first-order valence-corrected chi connectivity index (χ1v) is 9.73. The molecule has 0 aliphatic heterocycles. The van der Waals surface area contributed by atoms with E-state index in [1.165, 1.54) is 24.3 Å². The van der Waals surface area contributed by atoms with Crippen molar-refractivity contribution in [2.75, 3.05) is 9.62 Å². The zero-order valence-corrected chi connectivity index (χ0v) is 16.6. The number of amides is 1. The summed E-state index contributed by atoms with van der Waals surface area (Å²) in [6.07, 6.45) is 0. The maximum absolute atomic E-state index is 14.5. The number of carbonyl (C=O) groups excluding carboxylic acids is 1. The molecule has 0 aliphatic rings. The summed E-state index contributed by atoms with van der Waals surface area (Å²) in [6.45, 7) is 0. The quantitative estimate of drug-likeness (QED) is 0.223. The van der Waals surface area contributed by atoms with Crippen molar-refractivity contribution >= 4 is 46.8 Å². The predicted octanol–water partition coefficient (Wildman–Crippen LogP) is 2.11. The Bertz CT molecular complexity index is 1190. The van der Waals surface area contributed by atoms with Gasteiger partial charge in [-0.1, -0.05) is 18.2 Å². The molecule has 0 fully saturated rings. The summed E-state index contributed by atoms with van der Waals surface area (Å²) in [5.74, 6) is -6.92. The first-order valence-electron chi connectivity index (χ1n) is 8.70. The minimum Gasteiger partial charge on any atom is -0.755 e.